The lowest BCUT2D eigenvalue weighted by atomic mass is 10.1. The fourth-order valence-electron chi connectivity index (χ4n) is 3.22. The fourth-order valence-corrected chi connectivity index (χ4v) is 4.56. The maximum absolute atomic E-state index is 12.8. The predicted molar refractivity (Wildman–Crippen MR) is 102 cm³/mol. The summed E-state index contributed by atoms with van der Waals surface area (Å²) in [6, 6.07) is 9.05. The molecule has 1 fully saturated rings. The Balaban J connectivity index is 1.86. The lowest BCUT2D eigenvalue weighted by Gasteiger charge is -2.21. The molecule has 0 radical (unpaired) electrons. The number of aromatic nitrogens is 2. The minimum atomic E-state index is -1.29. The van der Waals surface area contributed by atoms with E-state index in [1.165, 1.54) is 17.7 Å². The Morgan fingerprint density at radius 2 is 2.04 bits per heavy atom. The van der Waals surface area contributed by atoms with Gasteiger partial charge in [-0.3, -0.25) is 23.3 Å². The quantitative estimate of drug-likeness (QED) is 0.721. The van der Waals surface area contributed by atoms with Gasteiger partial charge in [0.15, 0.2) is 0 Å². The molecule has 0 spiro atoms. The molecule has 150 valence electrons. The molecule has 8 nitrogen and oxygen atoms in total. The van der Waals surface area contributed by atoms with Gasteiger partial charge in [-0.25, -0.2) is 4.79 Å². The van der Waals surface area contributed by atoms with Crippen molar-refractivity contribution in [2.75, 3.05) is 12.4 Å². The second kappa shape index (κ2) is 8.66. The van der Waals surface area contributed by atoms with Crippen LogP contribution in [0, 0.1) is 12.8 Å². The highest BCUT2D eigenvalue weighted by molar-refractivity contribution is 7.85. The van der Waals surface area contributed by atoms with E-state index in [9.17, 15) is 18.6 Å². The third-order valence-corrected chi connectivity index (χ3v) is 6.09. The molecule has 1 aliphatic heterocycles. The molecule has 0 bridgehead atoms. The molecule has 0 amide bonds. The zero-order valence-corrected chi connectivity index (χ0v) is 16.4. The van der Waals surface area contributed by atoms with Gasteiger partial charge in [0, 0.05) is 35.3 Å². The molecule has 1 N–H and O–H groups in total. The van der Waals surface area contributed by atoms with Gasteiger partial charge in [0.1, 0.15) is 12.8 Å². The van der Waals surface area contributed by atoms with Crippen molar-refractivity contribution in [2.45, 2.75) is 37.5 Å². The summed E-state index contributed by atoms with van der Waals surface area (Å²) in [7, 11) is -1.29. The van der Waals surface area contributed by atoms with E-state index in [1.54, 1.807) is 19.1 Å². The van der Waals surface area contributed by atoms with E-state index in [-0.39, 0.29) is 18.3 Å². The van der Waals surface area contributed by atoms with Crippen molar-refractivity contribution in [3.05, 3.63) is 62.9 Å². The monoisotopic (exact) mass is 406 g/mol. The van der Waals surface area contributed by atoms with E-state index in [1.807, 2.05) is 18.2 Å². The average molecular weight is 406 g/mol. The smallest absolute Gasteiger partial charge is 0.330 e. The Labute approximate surface area is 164 Å². The number of carbonyl (C=O) groups is 1. The number of hydrogen-bond acceptors (Lipinski definition) is 6. The van der Waals surface area contributed by atoms with Crippen molar-refractivity contribution in [3.63, 3.8) is 0 Å². The molecule has 0 aliphatic carbocycles. The first-order chi connectivity index (χ1) is 13.3. The van der Waals surface area contributed by atoms with Crippen LogP contribution < -0.4 is 11.2 Å². The van der Waals surface area contributed by atoms with E-state index in [0.29, 0.717) is 16.9 Å². The van der Waals surface area contributed by atoms with Crippen molar-refractivity contribution in [3.8, 4) is 0 Å². The van der Waals surface area contributed by atoms with Crippen LogP contribution in [0.4, 0.5) is 0 Å². The van der Waals surface area contributed by atoms with E-state index in [4.69, 9.17) is 9.47 Å². The minimum Gasteiger partial charge on any atom is -0.463 e. The van der Waals surface area contributed by atoms with Crippen LogP contribution in [-0.4, -0.2) is 38.2 Å². The van der Waals surface area contributed by atoms with E-state index >= 15 is 0 Å². The highest BCUT2D eigenvalue weighted by atomic mass is 32.2. The Bertz CT molecular complexity index is 984. The fraction of sp³-hybridized carbons (Fsp3) is 0.421. The molecule has 1 aromatic carbocycles. The zero-order valence-electron chi connectivity index (χ0n) is 15.6. The first-order valence-electron chi connectivity index (χ1n) is 8.89. The topological polar surface area (TPSA) is 107 Å². The maximum atomic E-state index is 12.8. The van der Waals surface area contributed by atoms with Gasteiger partial charge in [-0.05, 0) is 25.5 Å². The van der Waals surface area contributed by atoms with Gasteiger partial charge in [-0.15, -0.1) is 0 Å². The number of carbonyl (C=O) groups excluding carboxylic acids is 1. The molecule has 1 saturated heterocycles. The second-order valence-electron chi connectivity index (χ2n) is 6.75. The summed E-state index contributed by atoms with van der Waals surface area (Å²) in [5, 5.41) is 0. The number of nitrogens with zero attached hydrogens (tertiary/aromatic N) is 1. The summed E-state index contributed by atoms with van der Waals surface area (Å²) in [6.45, 7) is 2.96. The summed E-state index contributed by atoms with van der Waals surface area (Å²) in [6.07, 6.45) is 0.779. The molecule has 1 aliphatic rings. The molecule has 1 aromatic heterocycles. The lowest BCUT2D eigenvalue weighted by molar-refractivity contribution is -0.145. The molecular weight excluding hydrogens is 384 g/mol. The first-order valence-corrected chi connectivity index (χ1v) is 10.2. The van der Waals surface area contributed by atoms with Crippen molar-refractivity contribution >= 4 is 16.8 Å². The zero-order chi connectivity index (χ0) is 20.3. The van der Waals surface area contributed by atoms with Crippen molar-refractivity contribution in [2.24, 2.45) is 5.92 Å². The average Bonchev–Trinajstić information content (AvgIpc) is 3.06. The van der Waals surface area contributed by atoms with Crippen LogP contribution in [-0.2, 0) is 25.1 Å². The van der Waals surface area contributed by atoms with Crippen LogP contribution in [0.5, 0.6) is 0 Å². The third-order valence-electron chi connectivity index (χ3n) is 4.56. The lowest BCUT2D eigenvalue weighted by Crippen LogP contribution is -2.36. The summed E-state index contributed by atoms with van der Waals surface area (Å²) in [5.41, 5.74) is -0.682. The number of esters is 1. The van der Waals surface area contributed by atoms with Gasteiger partial charge in [0.05, 0.1) is 16.9 Å². The highest BCUT2D eigenvalue weighted by Crippen LogP contribution is 2.35. The molecule has 4 atom stereocenters. The largest absolute Gasteiger partial charge is 0.463 e. The number of hydrogen-bond donors (Lipinski definition) is 1. The maximum Gasteiger partial charge on any atom is 0.330 e. The normalized spacial score (nSPS) is 22.7. The van der Waals surface area contributed by atoms with E-state index in [2.05, 4.69) is 4.98 Å². The van der Waals surface area contributed by atoms with Crippen molar-refractivity contribution < 1.29 is 18.5 Å². The van der Waals surface area contributed by atoms with Gasteiger partial charge >= 0.3 is 11.7 Å². The highest BCUT2D eigenvalue weighted by Gasteiger charge is 2.38. The van der Waals surface area contributed by atoms with Crippen LogP contribution in [0.25, 0.3) is 0 Å². The van der Waals surface area contributed by atoms with Gasteiger partial charge in [0.2, 0.25) is 0 Å². The van der Waals surface area contributed by atoms with Crippen molar-refractivity contribution in [1.82, 2.24) is 9.55 Å². The van der Waals surface area contributed by atoms with Gasteiger partial charge in [0.25, 0.3) is 5.56 Å². The molecule has 9 heteroatoms. The summed E-state index contributed by atoms with van der Waals surface area (Å²) >= 11 is 0. The number of rotatable bonds is 6. The van der Waals surface area contributed by atoms with E-state index < -0.39 is 40.3 Å². The Hall–Kier alpha value is -2.52. The standard InChI is InChI=1S/C19H22N2O6S/c1-12-9-21(19(24)20-17(12)23)18-14(8-15(27-18)10-26-13(2)22)11-28(25)16-6-4-3-5-7-16/h3-7,9,14-15,18H,8,10-11H2,1-2H3,(H,20,23,24)/t14-,15-,18+,28?/m0/s1. The van der Waals surface area contributed by atoms with E-state index in [0.717, 1.165) is 0 Å². The number of benzene rings is 1. The number of aromatic amines is 1. The molecule has 2 aromatic rings. The molecule has 2 heterocycles. The van der Waals surface area contributed by atoms with Crippen LogP contribution in [0.2, 0.25) is 0 Å². The van der Waals surface area contributed by atoms with Crippen molar-refractivity contribution in [1.29, 1.82) is 0 Å². The number of H-pyrrole nitrogens is 1. The molecule has 3 rings (SSSR count). The molecule has 28 heavy (non-hydrogen) atoms. The van der Waals surface area contributed by atoms with Crippen LogP contribution in [0.15, 0.2) is 51.0 Å². The van der Waals surface area contributed by atoms with Crippen LogP contribution >= 0.6 is 0 Å². The van der Waals surface area contributed by atoms with Gasteiger partial charge in [-0.1, -0.05) is 18.2 Å². The van der Waals surface area contributed by atoms with Gasteiger partial charge in [-0.2, -0.15) is 0 Å². The third kappa shape index (κ3) is 4.66. The minimum absolute atomic E-state index is 0.0530. The summed E-state index contributed by atoms with van der Waals surface area (Å²) in [5.74, 6) is -0.409. The van der Waals surface area contributed by atoms with Gasteiger partial charge < -0.3 is 9.47 Å². The number of aryl methyl sites for hydroxylation is 1. The SMILES string of the molecule is CC(=O)OC[C@@H]1C[C@@H](CS(=O)c2ccccc2)[C@H](n2cc(C)c(=O)[nH]c2=O)O1. The molecular formula is C19H22N2O6S. The summed E-state index contributed by atoms with van der Waals surface area (Å²) < 4.78 is 25.1. The predicted octanol–water partition coefficient (Wildman–Crippen LogP) is 1.12. The van der Waals surface area contributed by atoms with Crippen LogP contribution in [0.1, 0.15) is 25.1 Å². The second-order valence-corrected chi connectivity index (χ2v) is 8.25. The van der Waals surface area contributed by atoms with Crippen LogP contribution in [0.3, 0.4) is 0 Å². The molecule has 0 saturated carbocycles. The molecule has 1 unspecified atom stereocenters. The Morgan fingerprint density at radius 1 is 1.32 bits per heavy atom. The Morgan fingerprint density at radius 3 is 2.71 bits per heavy atom. The number of nitrogens with one attached hydrogen (secondary N) is 1. The summed E-state index contributed by atoms with van der Waals surface area (Å²) in [4.78, 5) is 38.1. The number of ether oxygens (including phenoxy) is 2. The Kier molecular flexibility index (Phi) is 6.25. The first kappa shape index (κ1) is 20.2.